The number of benzene rings is 2. The predicted octanol–water partition coefficient (Wildman–Crippen LogP) is 2.87. The highest BCUT2D eigenvalue weighted by Crippen LogP contribution is 2.24. The highest BCUT2D eigenvalue weighted by Gasteiger charge is 2.30. The van der Waals surface area contributed by atoms with Crippen molar-refractivity contribution in [3.05, 3.63) is 65.2 Å². The number of carboxylic acid groups (broad SMARTS) is 1. The summed E-state index contributed by atoms with van der Waals surface area (Å²) in [5.74, 6) is -0.794. The first-order chi connectivity index (χ1) is 9.99. The third-order valence-corrected chi connectivity index (χ3v) is 3.41. The minimum atomic E-state index is -1.35. The second-order valence-electron chi connectivity index (χ2n) is 4.98. The lowest BCUT2D eigenvalue weighted by Crippen LogP contribution is -2.33. The van der Waals surface area contributed by atoms with Gasteiger partial charge in [0, 0.05) is 0 Å². The molecule has 4 nitrogen and oxygen atoms in total. The summed E-state index contributed by atoms with van der Waals surface area (Å²) in [6.07, 6.45) is -2.59. The highest BCUT2D eigenvalue weighted by atomic mass is 16.5. The molecule has 0 saturated heterocycles. The molecule has 0 aliphatic carbocycles. The van der Waals surface area contributed by atoms with Gasteiger partial charge in [0.15, 0.2) is 0 Å². The van der Waals surface area contributed by atoms with E-state index < -0.39 is 18.2 Å². The summed E-state index contributed by atoms with van der Waals surface area (Å²) in [5, 5.41) is 19.6. The molecule has 2 aromatic rings. The minimum Gasteiger partial charge on any atom is -0.478 e. The fourth-order valence-electron chi connectivity index (χ4n) is 2.02. The van der Waals surface area contributed by atoms with Crippen molar-refractivity contribution in [3.63, 3.8) is 0 Å². The molecule has 110 valence electrons. The summed E-state index contributed by atoms with van der Waals surface area (Å²) < 4.78 is 5.41. The third-order valence-electron chi connectivity index (χ3n) is 3.41. The van der Waals surface area contributed by atoms with E-state index in [2.05, 4.69) is 0 Å². The number of aliphatic hydroxyl groups excluding tert-OH is 1. The standard InChI is InChI=1S/C17H18O4/c1-11-8-9-13(10-12(11)2)15(18)16(17(19)20)21-14-6-4-3-5-7-14/h3-10,15-16,18H,1-2H3,(H,19,20). The van der Waals surface area contributed by atoms with Crippen LogP contribution < -0.4 is 4.74 Å². The molecule has 0 aliphatic rings. The molecule has 0 aliphatic heterocycles. The van der Waals surface area contributed by atoms with Crippen molar-refractivity contribution in [2.45, 2.75) is 26.1 Å². The largest absolute Gasteiger partial charge is 0.478 e. The van der Waals surface area contributed by atoms with E-state index in [1.165, 1.54) is 0 Å². The minimum absolute atomic E-state index is 0.410. The molecule has 0 fully saturated rings. The number of aryl methyl sites for hydroxylation is 2. The van der Waals surface area contributed by atoms with Gasteiger partial charge in [-0.1, -0.05) is 36.4 Å². The Bertz CT molecular complexity index is 622. The second-order valence-corrected chi connectivity index (χ2v) is 4.98. The molecule has 0 radical (unpaired) electrons. The number of hydrogen-bond donors (Lipinski definition) is 2. The van der Waals surface area contributed by atoms with Crippen molar-refractivity contribution in [3.8, 4) is 5.75 Å². The first-order valence-electron chi connectivity index (χ1n) is 6.69. The van der Waals surface area contributed by atoms with E-state index in [4.69, 9.17) is 4.74 Å². The Kier molecular flexibility index (Phi) is 4.60. The average molecular weight is 286 g/mol. The SMILES string of the molecule is Cc1ccc(C(O)C(Oc2ccccc2)C(=O)O)cc1C. The van der Waals surface area contributed by atoms with E-state index in [9.17, 15) is 15.0 Å². The Morgan fingerprint density at radius 2 is 1.71 bits per heavy atom. The topological polar surface area (TPSA) is 66.8 Å². The normalized spacial score (nSPS) is 13.5. The van der Waals surface area contributed by atoms with Gasteiger partial charge < -0.3 is 14.9 Å². The van der Waals surface area contributed by atoms with Gasteiger partial charge >= 0.3 is 5.97 Å². The molecule has 0 bridgehead atoms. The van der Waals surface area contributed by atoms with E-state index in [-0.39, 0.29) is 0 Å². The van der Waals surface area contributed by atoms with Gasteiger partial charge in [0.25, 0.3) is 0 Å². The van der Waals surface area contributed by atoms with Crippen LogP contribution in [0.2, 0.25) is 0 Å². The maximum Gasteiger partial charge on any atom is 0.348 e. The second kappa shape index (κ2) is 6.41. The van der Waals surface area contributed by atoms with Gasteiger partial charge in [0.2, 0.25) is 6.10 Å². The lowest BCUT2D eigenvalue weighted by atomic mass is 9.99. The van der Waals surface area contributed by atoms with Crippen LogP contribution in [0.4, 0.5) is 0 Å². The molecule has 21 heavy (non-hydrogen) atoms. The summed E-state index contributed by atoms with van der Waals surface area (Å²) in [4.78, 5) is 11.4. The van der Waals surface area contributed by atoms with Gasteiger partial charge in [-0.15, -0.1) is 0 Å². The molecule has 0 amide bonds. The molecule has 0 aromatic heterocycles. The van der Waals surface area contributed by atoms with Crippen molar-refractivity contribution >= 4 is 5.97 Å². The number of aliphatic carboxylic acids is 1. The van der Waals surface area contributed by atoms with Crippen LogP contribution in [0.3, 0.4) is 0 Å². The van der Waals surface area contributed by atoms with Crippen LogP contribution in [0.5, 0.6) is 5.75 Å². The van der Waals surface area contributed by atoms with Gasteiger partial charge in [-0.2, -0.15) is 0 Å². The molecular formula is C17H18O4. The smallest absolute Gasteiger partial charge is 0.348 e. The van der Waals surface area contributed by atoms with E-state index in [0.717, 1.165) is 11.1 Å². The first-order valence-corrected chi connectivity index (χ1v) is 6.69. The van der Waals surface area contributed by atoms with Crippen molar-refractivity contribution in [1.82, 2.24) is 0 Å². The van der Waals surface area contributed by atoms with Crippen molar-refractivity contribution in [2.75, 3.05) is 0 Å². The zero-order valence-electron chi connectivity index (χ0n) is 12.0. The molecule has 2 rings (SSSR count). The van der Waals surface area contributed by atoms with E-state index in [1.54, 1.807) is 36.4 Å². The number of ether oxygens (including phenoxy) is 1. The fourth-order valence-corrected chi connectivity index (χ4v) is 2.02. The number of carbonyl (C=O) groups is 1. The zero-order chi connectivity index (χ0) is 15.4. The molecule has 0 spiro atoms. The molecule has 4 heteroatoms. The van der Waals surface area contributed by atoms with Crippen LogP contribution in [0, 0.1) is 13.8 Å². The summed E-state index contributed by atoms with van der Waals surface area (Å²) >= 11 is 0. The molecular weight excluding hydrogens is 268 g/mol. The number of carboxylic acids is 1. The lowest BCUT2D eigenvalue weighted by molar-refractivity contribution is -0.150. The van der Waals surface area contributed by atoms with Crippen LogP contribution in [-0.4, -0.2) is 22.3 Å². The quantitative estimate of drug-likeness (QED) is 0.887. The highest BCUT2D eigenvalue weighted by molar-refractivity contribution is 5.74. The number of hydrogen-bond acceptors (Lipinski definition) is 3. The van der Waals surface area contributed by atoms with E-state index in [0.29, 0.717) is 11.3 Å². The fraction of sp³-hybridized carbons (Fsp3) is 0.235. The molecule has 2 N–H and O–H groups in total. The van der Waals surface area contributed by atoms with Gasteiger partial charge in [0.05, 0.1) is 0 Å². The number of rotatable bonds is 5. The van der Waals surface area contributed by atoms with Crippen molar-refractivity contribution < 1.29 is 19.7 Å². The Balaban J connectivity index is 2.25. The summed E-state index contributed by atoms with van der Waals surface area (Å²) in [6, 6.07) is 14.0. The average Bonchev–Trinajstić information content (AvgIpc) is 2.47. The maximum absolute atomic E-state index is 11.4. The lowest BCUT2D eigenvalue weighted by Gasteiger charge is -2.21. The van der Waals surface area contributed by atoms with Gasteiger partial charge in [-0.3, -0.25) is 0 Å². The van der Waals surface area contributed by atoms with Crippen LogP contribution >= 0.6 is 0 Å². The molecule has 2 aromatic carbocycles. The summed E-state index contributed by atoms with van der Waals surface area (Å²) in [5.41, 5.74) is 2.61. The maximum atomic E-state index is 11.4. The summed E-state index contributed by atoms with van der Waals surface area (Å²) in [7, 11) is 0. The predicted molar refractivity (Wildman–Crippen MR) is 79.4 cm³/mol. The summed E-state index contributed by atoms with van der Waals surface area (Å²) in [6.45, 7) is 3.88. The van der Waals surface area contributed by atoms with Crippen molar-refractivity contribution in [2.24, 2.45) is 0 Å². The van der Waals surface area contributed by atoms with Gasteiger partial charge in [-0.05, 0) is 42.7 Å². The number of aliphatic hydroxyl groups is 1. The van der Waals surface area contributed by atoms with Crippen LogP contribution in [-0.2, 0) is 4.79 Å². The third kappa shape index (κ3) is 3.61. The zero-order valence-corrected chi connectivity index (χ0v) is 12.0. The molecule has 2 unspecified atom stereocenters. The molecule has 0 heterocycles. The first kappa shape index (κ1) is 15.1. The van der Waals surface area contributed by atoms with E-state index in [1.807, 2.05) is 26.0 Å². The monoisotopic (exact) mass is 286 g/mol. The van der Waals surface area contributed by atoms with E-state index >= 15 is 0 Å². The van der Waals surface area contributed by atoms with Crippen LogP contribution in [0.15, 0.2) is 48.5 Å². The van der Waals surface area contributed by atoms with Crippen LogP contribution in [0.25, 0.3) is 0 Å². The van der Waals surface area contributed by atoms with Crippen molar-refractivity contribution in [1.29, 1.82) is 0 Å². The molecule has 2 atom stereocenters. The van der Waals surface area contributed by atoms with Crippen LogP contribution in [0.1, 0.15) is 22.8 Å². The van der Waals surface area contributed by atoms with Gasteiger partial charge in [0.1, 0.15) is 11.9 Å². The Hall–Kier alpha value is -2.33. The number of para-hydroxylation sites is 1. The van der Waals surface area contributed by atoms with Gasteiger partial charge in [-0.25, -0.2) is 4.79 Å². The Morgan fingerprint density at radius 1 is 1.05 bits per heavy atom. The Morgan fingerprint density at radius 3 is 2.29 bits per heavy atom. The Labute approximate surface area is 123 Å². The molecule has 0 saturated carbocycles.